The molecule has 2 N–H and O–H groups in total. The summed E-state index contributed by atoms with van der Waals surface area (Å²) in [6.45, 7) is 5.93. The number of aryl methyl sites for hydroxylation is 2. The van der Waals surface area contributed by atoms with Crippen LogP contribution in [0.2, 0.25) is 0 Å². The Bertz CT molecular complexity index is 848. The highest BCUT2D eigenvalue weighted by Gasteiger charge is 2.10. The number of rotatable bonds is 5. The van der Waals surface area contributed by atoms with E-state index in [1.165, 1.54) is 0 Å². The molecule has 0 aliphatic heterocycles. The number of fused-ring (bicyclic) bond motifs is 1. The highest BCUT2D eigenvalue weighted by Crippen LogP contribution is 2.24. The van der Waals surface area contributed by atoms with E-state index in [4.69, 9.17) is 4.42 Å². The largest absolute Gasteiger partial charge is 0.459 e. The molecule has 1 aromatic carbocycles. The van der Waals surface area contributed by atoms with Crippen molar-refractivity contribution in [2.24, 2.45) is 12.0 Å². The summed E-state index contributed by atoms with van der Waals surface area (Å²) in [5, 5.41) is 15.6. The van der Waals surface area contributed by atoms with Crippen LogP contribution in [-0.2, 0) is 20.1 Å². The van der Waals surface area contributed by atoms with Gasteiger partial charge in [0, 0.05) is 24.5 Å². The van der Waals surface area contributed by atoms with Crippen molar-refractivity contribution in [3.05, 3.63) is 47.7 Å². The number of benzene rings is 1. The van der Waals surface area contributed by atoms with Gasteiger partial charge >= 0.3 is 0 Å². The van der Waals surface area contributed by atoms with Crippen molar-refractivity contribution >= 4 is 16.9 Å². The molecule has 2 heterocycles. The van der Waals surface area contributed by atoms with Crippen molar-refractivity contribution < 1.29 is 4.42 Å². The van der Waals surface area contributed by atoms with Crippen LogP contribution in [0.15, 0.2) is 40.0 Å². The third kappa shape index (κ3) is 3.40. The standard InChI is InChI=1S/C17H22N6O/c1-4-18-17(20-10-16-22-21-11-23(16)3)19-9-15-12(2)13-7-5-6-8-14(13)24-15/h5-8,11H,4,9-10H2,1-3H3,(H2,18,19,20). The summed E-state index contributed by atoms with van der Waals surface area (Å²) in [7, 11) is 1.91. The Labute approximate surface area is 140 Å². The fourth-order valence-electron chi connectivity index (χ4n) is 2.50. The fraction of sp³-hybridized carbons (Fsp3) is 0.353. The van der Waals surface area contributed by atoms with E-state index in [9.17, 15) is 0 Å². The monoisotopic (exact) mass is 326 g/mol. The molecule has 0 fully saturated rings. The molecule has 126 valence electrons. The lowest BCUT2D eigenvalue weighted by molar-refractivity contribution is 0.534. The van der Waals surface area contributed by atoms with Gasteiger partial charge in [-0.05, 0) is 19.9 Å². The van der Waals surface area contributed by atoms with Crippen LogP contribution in [0.25, 0.3) is 11.0 Å². The van der Waals surface area contributed by atoms with E-state index in [1.807, 2.05) is 36.7 Å². The highest BCUT2D eigenvalue weighted by molar-refractivity contribution is 5.82. The highest BCUT2D eigenvalue weighted by atomic mass is 16.3. The van der Waals surface area contributed by atoms with Crippen molar-refractivity contribution in [3.8, 4) is 0 Å². The second-order valence-electron chi connectivity index (χ2n) is 5.55. The van der Waals surface area contributed by atoms with Gasteiger partial charge in [0.05, 0.1) is 6.54 Å². The summed E-state index contributed by atoms with van der Waals surface area (Å²) in [5.41, 5.74) is 2.06. The molecule has 0 radical (unpaired) electrons. The average Bonchev–Trinajstić information content (AvgIpc) is 3.14. The number of nitrogens with zero attached hydrogens (tertiary/aromatic N) is 4. The third-order valence-electron chi connectivity index (χ3n) is 3.89. The van der Waals surface area contributed by atoms with Gasteiger partial charge in [-0.15, -0.1) is 10.2 Å². The van der Waals surface area contributed by atoms with Gasteiger partial charge in [0.15, 0.2) is 11.8 Å². The third-order valence-corrected chi connectivity index (χ3v) is 3.89. The minimum atomic E-state index is 0.463. The van der Waals surface area contributed by atoms with Gasteiger partial charge in [-0.25, -0.2) is 4.99 Å². The molecule has 7 nitrogen and oxygen atoms in total. The lowest BCUT2D eigenvalue weighted by Gasteiger charge is -2.10. The Morgan fingerprint density at radius 1 is 1.29 bits per heavy atom. The Morgan fingerprint density at radius 2 is 2.12 bits per heavy atom. The van der Waals surface area contributed by atoms with Gasteiger partial charge in [-0.1, -0.05) is 18.2 Å². The van der Waals surface area contributed by atoms with Crippen LogP contribution in [-0.4, -0.2) is 27.3 Å². The first-order chi connectivity index (χ1) is 11.7. The fourth-order valence-corrected chi connectivity index (χ4v) is 2.50. The van der Waals surface area contributed by atoms with Gasteiger partial charge in [-0.3, -0.25) is 0 Å². The molecule has 0 amide bonds. The number of para-hydroxylation sites is 1. The zero-order valence-corrected chi connectivity index (χ0v) is 14.2. The minimum Gasteiger partial charge on any atom is -0.459 e. The molecule has 0 saturated heterocycles. The maximum absolute atomic E-state index is 5.93. The predicted molar refractivity (Wildman–Crippen MR) is 93.6 cm³/mol. The molecule has 7 heteroatoms. The van der Waals surface area contributed by atoms with E-state index in [0.29, 0.717) is 13.1 Å². The van der Waals surface area contributed by atoms with Crippen LogP contribution in [0, 0.1) is 6.92 Å². The van der Waals surface area contributed by atoms with E-state index < -0.39 is 0 Å². The van der Waals surface area contributed by atoms with Crippen molar-refractivity contribution in [3.63, 3.8) is 0 Å². The average molecular weight is 326 g/mol. The van der Waals surface area contributed by atoms with Crippen LogP contribution in [0.3, 0.4) is 0 Å². The van der Waals surface area contributed by atoms with Gasteiger partial charge in [0.1, 0.15) is 24.2 Å². The molecule has 0 saturated carbocycles. The number of nitrogens with one attached hydrogen (secondary N) is 2. The summed E-state index contributed by atoms with van der Waals surface area (Å²) in [6.07, 6.45) is 1.67. The van der Waals surface area contributed by atoms with Gasteiger partial charge in [0.2, 0.25) is 0 Å². The first kappa shape index (κ1) is 16.0. The topological polar surface area (TPSA) is 80.3 Å². The maximum Gasteiger partial charge on any atom is 0.192 e. The van der Waals surface area contributed by atoms with Crippen LogP contribution in [0.1, 0.15) is 24.1 Å². The molecule has 2 aromatic heterocycles. The summed E-state index contributed by atoms with van der Waals surface area (Å²) in [5.74, 6) is 2.45. The van der Waals surface area contributed by atoms with Crippen LogP contribution in [0.5, 0.6) is 0 Å². The number of furan rings is 1. The molecule has 0 aliphatic rings. The second-order valence-corrected chi connectivity index (χ2v) is 5.55. The van der Waals surface area contributed by atoms with E-state index in [0.717, 1.165) is 40.6 Å². The number of hydrogen-bond acceptors (Lipinski definition) is 4. The first-order valence-corrected chi connectivity index (χ1v) is 8.01. The number of hydrogen-bond donors (Lipinski definition) is 2. The quantitative estimate of drug-likeness (QED) is 0.554. The Morgan fingerprint density at radius 3 is 2.83 bits per heavy atom. The SMILES string of the molecule is CCNC(=NCc1nncn1C)NCc1oc2ccccc2c1C. The Balaban J connectivity index is 1.71. The van der Waals surface area contributed by atoms with Crippen LogP contribution < -0.4 is 10.6 Å². The van der Waals surface area contributed by atoms with Gasteiger partial charge in [-0.2, -0.15) is 0 Å². The van der Waals surface area contributed by atoms with Crippen molar-refractivity contribution in [2.75, 3.05) is 6.54 Å². The Kier molecular flexibility index (Phi) is 4.79. The zero-order chi connectivity index (χ0) is 16.9. The smallest absolute Gasteiger partial charge is 0.192 e. The van der Waals surface area contributed by atoms with Crippen LogP contribution >= 0.6 is 0 Å². The number of guanidine groups is 1. The van der Waals surface area contributed by atoms with E-state index in [1.54, 1.807) is 6.33 Å². The maximum atomic E-state index is 5.93. The summed E-state index contributed by atoms with van der Waals surface area (Å²) < 4.78 is 7.78. The number of aliphatic imine (C=N–C) groups is 1. The number of aromatic nitrogens is 3. The molecule has 0 bridgehead atoms. The molecule has 0 aliphatic carbocycles. The predicted octanol–water partition coefficient (Wildman–Crippen LogP) is 2.13. The van der Waals surface area contributed by atoms with Crippen molar-refractivity contribution in [2.45, 2.75) is 26.9 Å². The minimum absolute atomic E-state index is 0.463. The van der Waals surface area contributed by atoms with Gasteiger partial charge in [0.25, 0.3) is 0 Å². The Hall–Kier alpha value is -2.83. The van der Waals surface area contributed by atoms with Gasteiger partial charge < -0.3 is 19.6 Å². The first-order valence-electron chi connectivity index (χ1n) is 8.01. The lowest BCUT2D eigenvalue weighted by atomic mass is 10.1. The molecular formula is C17H22N6O. The van der Waals surface area contributed by atoms with Crippen molar-refractivity contribution in [1.82, 2.24) is 25.4 Å². The molecule has 3 aromatic rings. The second kappa shape index (κ2) is 7.16. The molecule has 0 unspecified atom stereocenters. The zero-order valence-electron chi connectivity index (χ0n) is 14.2. The van der Waals surface area contributed by atoms with Crippen LogP contribution in [0.4, 0.5) is 0 Å². The summed E-state index contributed by atoms with van der Waals surface area (Å²) in [6, 6.07) is 8.06. The summed E-state index contributed by atoms with van der Waals surface area (Å²) >= 11 is 0. The molecule has 0 spiro atoms. The van der Waals surface area contributed by atoms with Crippen molar-refractivity contribution in [1.29, 1.82) is 0 Å². The molecule has 3 rings (SSSR count). The lowest BCUT2D eigenvalue weighted by Crippen LogP contribution is -2.36. The normalized spacial score (nSPS) is 11.9. The summed E-state index contributed by atoms with van der Waals surface area (Å²) in [4.78, 5) is 4.54. The van der Waals surface area contributed by atoms with E-state index in [-0.39, 0.29) is 0 Å². The van der Waals surface area contributed by atoms with E-state index in [2.05, 4.69) is 38.8 Å². The van der Waals surface area contributed by atoms with E-state index >= 15 is 0 Å². The molecule has 0 atom stereocenters. The molecule has 24 heavy (non-hydrogen) atoms. The molecular weight excluding hydrogens is 304 g/mol.